The lowest BCUT2D eigenvalue weighted by Gasteiger charge is -2.12. The van der Waals surface area contributed by atoms with Crippen LogP contribution in [0, 0.1) is 4.64 Å². The highest BCUT2D eigenvalue weighted by molar-refractivity contribution is 7.71. The summed E-state index contributed by atoms with van der Waals surface area (Å²) in [5.74, 6) is 1.07. The molecule has 0 bridgehead atoms. The summed E-state index contributed by atoms with van der Waals surface area (Å²) in [6, 6.07) is 1.85. The number of ether oxygens (including phenoxy) is 1. The number of aromatic amines is 1. The fourth-order valence-electron chi connectivity index (χ4n) is 2.46. The number of alkyl halides is 3. The fourth-order valence-corrected chi connectivity index (χ4v) is 2.70. The second-order valence-corrected chi connectivity index (χ2v) is 5.44. The Bertz CT molecular complexity index is 495. The quantitative estimate of drug-likeness (QED) is 0.662. The molecule has 112 valence electrons. The number of halogens is 3. The van der Waals surface area contributed by atoms with Gasteiger partial charge in [0, 0.05) is 12.1 Å². The van der Waals surface area contributed by atoms with Crippen LogP contribution in [-0.2, 0) is 11.2 Å². The Hall–Kier alpha value is -0.950. The molecule has 0 aliphatic heterocycles. The third kappa shape index (κ3) is 4.86. The molecule has 1 N–H and O–H groups in total. The average Bonchev–Trinajstić information content (AvgIpc) is 2.86. The molecule has 0 spiro atoms. The molecule has 20 heavy (non-hydrogen) atoms. The standard InChI is InChI=1S/C13H17F3N2OS/c14-13(15,16)8-19-6-5-11-17-10(7-12(20)18-11)9-3-1-2-4-9/h7,9H,1-6,8H2,(H,17,18,20). The molecule has 1 heterocycles. The zero-order valence-electron chi connectivity index (χ0n) is 11.0. The monoisotopic (exact) mass is 306 g/mol. The smallest absolute Gasteiger partial charge is 0.372 e. The number of rotatable bonds is 5. The molecule has 0 aromatic carbocycles. The minimum atomic E-state index is -4.29. The van der Waals surface area contributed by atoms with Crippen molar-refractivity contribution < 1.29 is 17.9 Å². The van der Waals surface area contributed by atoms with Crippen LogP contribution in [0.5, 0.6) is 0 Å². The van der Waals surface area contributed by atoms with E-state index in [-0.39, 0.29) is 6.61 Å². The number of nitrogens with one attached hydrogen (secondary N) is 1. The van der Waals surface area contributed by atoms with Crippen LogP contribution in [0.15, 0.2) is 6.07 Å². The first-order chi connectivity index (χ1) is 9.44. The van der Waals surface area contributed by atoms with Gasteiger partial charge in [-0.1, -0.05) is 25.1 Å². The van der Waals surface area contributed by atoms with Gasteiger partial charge in [-0.25, -0.2) is 4.98 Å². The molecule has 0 radical (unpaired) electrons. The van der Waals surface area contributed by atoms with Gasteiger partial charge in [0.15, 0.2) is 0 Å². The maximum absolute atomic E-state index is 11.9. The predicted octanol–water partition coefficient (Wildman–Crippen LogP) is 3.92. The molecule has 0 atom stereocenters. The molecular weight excluding hydrogens is 289 g/mol. The number of aromatic nitrogens is 2. The van der Waals surface area contributed by atoms with Crippen LogP contribution in [0.3, 0.4) is 0 Å². The van der Waals surface area contributed by atoms with Crippen molar-refractivity contribution in [3.8, 4) is 0 Å². The Kier molecular flexibility index (Phi) is 5.15. The van der Waals surface area contributed by atoms with Gasteiger partial charge in [-0.2, -0.15) is 13.2 Å². The van der Waals surface area contributed by atoms with Crippen LogP contribution >= 0.6 is 12.2 Å². The second kappa shape index (κ2) is 6.67. The Morgan fingerprint density at radius 3 is 2.70 bits per heavy atom. The lowest BCUT2D eigenvalue weighted by molar-refractivity contribution is -0.173. The summed E-state index contributed by atoms with van der Waals surface area (Å²) in [4.78, 5) is 7.32. The Morgan fingerprint density at radius 1 is 1.35 bits per heavy atom. The first kappa shape index (κ1) is 15.4. The molecule has 2 rings (SSSR count). The highest BCUT2D eigenvalue weighted by Crippen LogP contribution is 2.32. The van der Waals surface area contributed by atoms with E-state index >= 15 is 0 Å². The largest absolute Gasteiger partial charge is 0.411 e. The summed E-state index contributed by atoms with van der Waals surface area (Å²) in [6.45, 7) is -1.25. The third-order valence-corrected chi connectivity index (χ3v) is 3.57. The van der Waals surface area contributed by atoms with E-state index in [1.165, 1.54) is 12.8 Å². The van der Waals surface area contributed by atoms with Crippen molar-refractivity contribution in [3.63, 3.8) is 0 Å². The van der Waals surface area contributed by atoms with E-state index in [1.807, 2.05) is 6.07 Å². The van der Waals surface area contributed by atoms with E-state index in [4.69, 9.17) is 12.2 Å². The van der Waals surface area contributed by atoms with Gasteiger partial charge in [0.05, 0.1) is 6.61 Å². The number of H-pyrrole nitrogens is 1. The minimum absolute atomic E-state index is 0.0219. The lowest BCUT2D eigenvalue weighted by Crippen LogP contribution is -2.18. The van der Waals surface area contributed by atoms with Crippen molar-refractivity contribution in [1.29, 1.82) is 0 Å². The zero-order chi connectivity index (χ0) is 14.6. The minimum Gasteiger partial charge on any atom is -0.372 e. The maximum atomic E-state index is 11.9. The van der Waals surface area contributed by atoms with Gasteiger partial charge in [-0.05, 0) is 24.8 Å². The molecule has 3 nitrogen and oxygen atoms in total. The van der Waals surface area contributed by atoms with Gasteiger partial charge < -0.3 is 9.72 Å². The fraction of sp³-hybridized carbons (Fsp3) is 0.692. The molecule has 1 aliphatic rings. The Balaban J connectivity index is 1.92. The predicted molar refractivity (Wildman–Crippen MR) is 71.2 cm³/mol. The Labute approximate surface area is 120 Å². The van der Waals surface area contributed by atoms with Crippen LogP contribution in [0.1, 0.15) is 43.1 Å². The molecule has 1 fully saturated rings. The molecule has 1 aliphatic carbocycles. The van der Waals surface area contributed by atoms with Crippen LogP contribution in [-0.4, -0.2) is 29.4 Å². The maximum Gasteiger partial charge on any atom is 0.411 e. The molecule has 0 unspecified atom stereocenters. The molecule has 1 saturated carbocycles. The topological polar surface area (TPSA) is 37.9 Å². The van der Waals surface area contributed by atoms with Crippen molar-refractivity contribution in [2.24, 2.45) is 0 Å². The number of hydrogen-bond donors (Lipinski definition) is 1. The van der Waals surface area contributed by atoms with E-state index in [0.29, 0.717) is 22.8 Å². The molecule has 7 heteroatoms. The Morgan fingerprint density at radius 2 is 2.05 bits per heavy atom. The zero-order valence-corrected chi connectivity index (χ0v) is 11.8. The summed E-state index contributed by atoms with van der Waals surface area (Å²) in [7, 11) is 0. The van der Waals surface area contributed by atoms with Crippen molar-refractivity contribution in [2.75, 3.05) is 13.2 Å². The summed E-state index contributed by atoms with van der Waals surface area (Å²) in [5.41, 5.74) is 1.05. The highest BCUT2D eigenvalue weighted by Gasteiger charge is 2.27. The third-order valence-electron chi connectivity index (χ3n) is 3.36. The molecular formula is C13H17F3N2OS. The van der Waals surface area contributed by atoms with Gasteiger partial charge in [-0.15, -0.1) is 0 Å². The molecule has 0 saturated heterocycles. The first-order valence-electron chi connectivity index (χ1n) is 6.69. The molecule has 1 aromatic rings. The molecule has 0 amide bonds. The van der Waals surface area contributed by atoms with Gasteiger partial charge in [0.25, 0.3) is 0 Å². The van der Waals surface area contributed by atoms with Crippen LogP contribution in [0.2, 0.25) is 0 Å². The number of nitrogens with zero attached hydrogens (tertiary/aromatic N) is 1. The van der Waals surface area contributed by atoms with E-state index in [9.17, 15) is 13.2 Å². The van der Waals surface area contributed by atoms with E-state index in [0.717, 1.165) is 18.5 Å². The van der Waals surface area contributed by atoms with Crippen LogP contribution in [0.25, 0.3) is 0 Å². The first-order valence-corrected chi connectivity index (χ1v) is 7.09. The SMILES string of the molecule is FC(F)(F)COCCc1nc(=S)cc(C2CCCC2)[nH]1. The summed E-state index contributed by atoms with van der Waals surface area (Å²) in [5, 5.41) is 0. The van der Waals surface area contributed by atoms with Crippen molar-refractivity contribution in [2.45, 2.75) is 44.2 Å². The lowest BCUT2D eigenvalue weighted by atomic mass is 10.0. The van der Waals surface area contributed by atoms with Crippen LogP contribution < -0.4 is 0 Å². The number of hydrogen-bond acceptors (Lipinski definition) is 3. The van der Waals surface area contributed by atoms with E-state index in [2.05, 4.69) is 14.7 Å². The van der Waals surface area contributed by atoms with Gasteiger partial charge in [0.2, 0.25) is 0 Å². The van der Waals surface area contributed by atoms with E-state index in [1.54, 1.807) is 0 Å². The van der Waals surface area contributed by atoms with Crippen molar-refractivity contribution in [3.05, 3.63) is 22.2 Å². The summed E-state index contributed by atoms with van der Waals surface area (Å²) < 4.78 is 40.9. The normalized spacial score (nSPS) is 16.8. The summed E-state index contributed by atoms with van der Waals surface area (Å²) >= 11 is 5.11. The van der Waals surface area contributed by atoms with Crippen molar-refractivity contribution in [1.82, 2.24) is 9.97 Å². The highest BCUT2D eigenvalue weighted by atomic mass is 32.1. The van der Waals surface area contributed by atoms with E-state index < -0.39 is 12.8 Å². The van der Waals surface area contributed by atoms with Crippen LogP contribution in [0.4, 0.5) is 13.2 Å². The van der Waals surface area contributed by atoms with Gasteiger partial charge in [-0.3, -0.25) is 0 Å². The second-order valence-electron chi connectivity index (χ2n) is 5.02. The molecule has 1 aromatic heterocycles. The van der Waals surface area contributed by atoms with Gasteiger partial charge in [0.1, 0.15) is 17.1 Å². The van der Waals surface area contributed by atoms with Gasteiger partial charge >= 0.3 is 6.18 Å². The average molecular weight is 306 g/mol. The summed E-state index contributed by atoms with van der Waals surface area (Å²) in [6.07, 6.45) is 0.681. The van der Waals surface area contributed by atoms with Crippen molar-refractivity contribution >= 4 is 12.2 Å².